The van der Waals surface area contributed by atoms with E-state index in [0.29, 0.717) is 5.92 Å². The molecule has 0 radical (unpaired) electrons. The third-order valence-corrected chi connectivity index (χ3v) is 5.07. The van der Waals surface area contributed by atoms with Crippen LogP contribution in [-0.4, -0.2) is 34.8 Å². The van der Waals surface area contributed by atoms with E-state index in [4.69, 9.17) is 9.47 Å². The molecule has 3 aromatic rings. The summed E-state index contributed by atoms with van der Waals surface area (Å²) in [5.41, 5.74) is 0. The van der Waals surface area contributed by atoms with Gasteiger partial charge in [0.15, 0.2) is 0 Å². The number of anilines is 1. The van der Waals surface area contributed by atoms with Crippen LogP contribution in [0.4, 0.5) is 5.82 Å². The van der Waals surface area contributed by atoms with E-state index in [0.717, 1.165) is 54.3 Å². The summed E-state index contributed by atoms with van der Waals surface area (Å²) in [7, 11) is 1.69. The van der Waals surface area contributed by atoms with E-state index in [1.54, 1.807) is 7.11 Å². The molecule has 0 unspecified atom stereocenters. The molecule has 1 N–H and O–H groups in total. The first kappa shape index (κ1) is 16.8. The lowest BCUT2D eigenvalue weighted by Gasteiger charge is -2.20. The standard InChI is InChI=1S/C20H24N4O2/c1-3-24-11-10-22-20(24)18-14(8-12-26-18)13-23-19-16-5-4-6-17(25-2)15(16)7-9-21-19/h4-7,9-11,14,18H,3,8,12-13H2,1-2H3,(H,21,23)/t14-,18+/m0/s1. The minimum Gasteiger partial charge on any atom is -0.496 e. The molecule has 0 saturated carbocycles. The average molecular weight is 352 g/mol. The van der Waals surface area contributed by atoms with Crippen LogP contribution in [0.15, 0.2) is 42.9 Å². The summed E-state index contributed by atoms with van der Waals surface area (Å²) in [4.78, 5) is 9.06. The molecule has 6 nitrogen and oxygen atoms in total. The van der Waals surface area contributed by atoms with Crippen LogP contribution in [0.25, 0.3) is 10.8 Å². The van der Waals surface area contributed by atoms with E-state index in [9.17, 15) is 0 Å². The highest BCUT2D eigenvalue weighted by Gasteiger charge is 2.32. The van der Waals surface area contributed by atoms with Gasteiger partial charge in [-0.3, -0.25) is 0 Å². The van der Waals surface area contributed by atoms with E-state index in [-0.39, 0.29) is 6.10 Å². The number of hydrogen-bond donors (Lipinski definition) is 1. The Morgan fingerprint density at radius 1 is 1.23 bits per heavy atom. The zero-order chi connectivity index (χ0) is 17.9. The monoisotopic (exact) mass is 352 g/mol. The molecule has 3 heterocycles. The highest BCUT2D eigenvalue weighted by atomic mass is 16.5. The van der Waals surface area contributed by atoms with Crippen LogP contribution in [0.1, 0.15) is 25.3 Å². The first-order valence-corrected chi connectivity index (χ1v) is 9.10. The van der Waals surface area contributed by atoms with Crippen LogP contribution in [-0.2, 0) is 11.3 Å². The molecular formula is C20H24N4O2. The van der Waals surface area contributed by atoms with Gasteiger partial charge < -0.3 is 19.4 Å². The molecule has 6 heteroatoms. The molecule has 1 fully saturated rings. The molecule has 136 valence electrons. The topological polar surface area (TPSA) is 61.2 Å². The number of methoxy groups -OCH3 is 1. The summed E-state index contributed by atoms with van der Waals surface area (Å²) in [5.74, 6) is 3.13. The molecule has 2 aromatic heterocycles. The highest BCUT2D eigenvalue weighted by molar-refractivity contribution is 5.95. The first-order valence-electron chi connectivity index (χ1n) is 9.10. The van der Waals surface area contributed by atoms with Crippen molar-refractivity contribution in [1.82, 2.24) is 14.5 Å². The SMILES string of the molecule is CCn1ccnc1[C@@H]1OCC[C@H]1CNc1nccc2c(OC)cccc12. The van der Waals surface area contributed by atoms with Gasteiger partial charge in [0.2, 0.25) is 0 Å². The largest absolute Gasteiger partial charge is 0.496 e. The number of ether oxygens (including phenoxy) is 2. The Labute approximate surface area is 153 Å². The quantitative estimate of drug-likeness (QED) is 0.734. The summed E-state index contributed by atoms with van der Waals surface area (Å²) in [6, 6.07) is 8.02. The Morgan fingerprint density at radius 2 is 2.15 bits per heavy atom. The van der Waals surface area contributed by atoms with Crippen molar-refractivity contribution in [2.24, 2.45) is 5.92 Å². The zero-order valence-corrected chi connectivity index (χ0v) is 15.2. The number of pyridine rings is 1. The van der Waals surface area contributed by atoms with Crippen molar-refractivity contribution >= 4 is 16.6 Å². The van der Waals surface area contributed by atoms with E-state index < -0.39 is 0 Å². The molecule has 2 atom stereocenters. The van der Waals surface area contributed by atoms with Gasteiger partial charge in [0.25, 0.3) is 0 Å². The zero-order valence-electron chi connectivity index (χ0n) is 15.2. The van der Waals surface area contributed by atoms with Gasteiger partial charge in [-0.1, -0.05) is 12.1 Å². The molecular weight excluding hydrogens is 328 g/mol. The first-order chi connectivity index (χ1) is 12.8. The maximum Gasteiger partial charge on any atom is 0.138 e. The number of benzene rings is 1. The van der Waals surface area contributed by atoms with Gasteiger partial charge >= 0.3 is 0 Å². The number of aryl methyl sites for hydroxylation is 1. The third kappa shape index (κ3) is 3.01. The minimum atomic E-state index is 0.0296. The number of nitrogens with one attached hydrogen (secondary N) is 1. The number of rotatable bonds is 6. The molecule has 0 aliphatic carbocycles. The predicted molar refractivity (Wildman–Crippen MR) is 101 cm³/mol. The molecule has 4 rings (SSSR count). The molecule has 26 heavy (non-hydrogen) atoms. The summed E-state index contributed by atoms with van der Waals surface area (Å²) in [6.45, 7) is 4.59. The van der Waals surface area contributed by atoms with Gasteiger partial charge in [-0.15, -0.1) is 0 Å². The fraction of sp³-hybridized carbons (Fsp3) is 0.400. The van der Waals surface area contributed by atoms with Crippen LogP contribution in [0.2, 0.25) is 0 Å². The van der Waals surface area contributed by atoms with Crippen LogP contribution < -0.4 is 10.1 Å². The molecule has 1 aliphatic heterocycles. The molecule has 0 amide bonds. The summed E-state index contributed by atoms with van der Waals surface area (Å²) >= 11 is 0. The maximum atomic E-state index is 6.00. The van der Waals surface area contributed by atoms with Crippen molar-refractivity contribution < 1.29 is 9.47 Å². The molecule has 0 bridgehead atoms. The normalized spacial score (nSPS) is 19.8. The summed E-state index contributed by atoms with van der Waals surface area (Å²) < 4.78 is 13.6. The fourth-order valence-electron chi connectivity index (χ4n) is 3.70. The van der Waals surface area contributed by atoms with Gasteiger partial charge in [-0.25, -0.2) is 9.97 Å². The second-order valence-electron chi connectivity index (χ2n) is 6.51. The van der Waals surface area contributed by atoms with E-state index in [2.05, 4.69) is 32.8 Å². The number of hydrogen-bond acceptors (Lipinski definition) is 5. The number of nitrogens with zero attached hydrogens (tertiary/aromatic N) is 3. The smallest absolute Gasteiger partial charge is 0.138 e. The van der Waals surface area contributed by atoms with E-state index in [1.165, 1.54) is 0 Å². The number of fused-ring (bicyclic) bond motifs is 1. The van der Waals surface area contributed by atoms with Crippen molar-refractivity contribution in [3.05, 3.63) is 48.7 Å². The lowest BCUT2D eigenvalue weighted by Crippen LogP contribution is -2.21. The Hall–Kier alpha value is -2.60. The minimum absolute atomic E-state index is 0.0296. The average Bonchev–Trinajstić information content (AvgIpc) is 3.34. The van der Waals surface area contributed by atoms with Crippen LogP contribution in [0.5, 0.6) is 5.75 Å². The van der Waals surface area contributed by atoms with Crippen molar-refractivity contribution in [3.63, 3.8) is 0 Å². The van der Waals surface area contributed by atoms with Crippen LogP contribution in [0, 0.1) is 5.92 Å². The van der Waals surface area contributed by atoms with Crippen molar-refractivity contribution in [2.45, 2.75) is 26.0 Å². The maximum absolute atomic E-state index is 6.00. The molecule has 1 aliphatic rings. The second kappa shape index (κ2) is 7.33. The van der Waals surface area contributed by atoms with Gasteiger partial charge in [0.1, 0.15) is 23.5 Å². The Balaban J connectivity index is 1.55. The summed E-state index contributed by atoms with van der Waals surface area (Å²) in [5, 5.41) is 5.66. The van der Waals surface area contributed by atoms with E-state index in [1.807, 2.05) is 36.8 Å². The third-order valence-electron chi connectivity index (χ3n) is 5.07. The number of aromatic nitrogens is 3. The molecule has 1 aromatic carbocycles. The van der Waals surface area contributed by atoms with Gasteiger partial charge in [0, 0.05) is 55.0 Å². The Bertz CT molecular complexity index is 892. The van der Waals surface area contributed by atoms with Crippen LogP contribution in [0.3, 0.4) is 0 Å². The van der Waals surface area contributed by atoms with Gasteiger partial charge in [-0.05, 0) is 25.5 Å². The fourth-order valence-corrected chi connectivity index (χ4v) is 3.70. The lowest BCUT2D eigenvalue weighted by molar-refractivity contribution is 0.0832. The summed E-state index contributed by atoms with van der Waals surface area (Å²) in [6.07, 6.45) is 6.73. The number of imidazole rings is 1. The van der Waals surface area contributed by atoms with Crippen molar-refractivity contribution in [1.29, 1.82) is 0 Å². The second-order valence-corrected chi connectivity index (χ2v) is 6.51. The van der Waals surface area contributed by atoms with Crippen molar-refractivity contribution in [2.75, 3.05) is 25.6 Å². The Morgan fingerprint density at radius 3 is 3.00 bits per heavy atom. The van der Waals surface area contributed by atoms with Crippen molar-refractivity contribution in [3.8, 4) is 5.75 Å². The Kier molecular flexibility index (Phi) is 4.75. The molecule has 1 saturated heterocycles. The molecule has 0 spiro atoms. The lowest BCUT2D eigenvalue weighted by atomic mass is 10.0. The van der Waals surface area contributed by atoms with Gasteiger partial charge in [-0.2, -0.15) is 0 Å². The van der Waals surface area contributed by atoms with Crippen LogP contribution >= 0.6 is 0 Å². The highest BCUT2D eigenvalue weighted by Crippen LogP contribution is 2.35. The predicted octanol–water partition coefficient (Wildman–Crippen LogP) is 3.65. The van der Waals surface area contributed by atoms with Gasteiger partial charge in [0.05, 0.1) is 7.11 Å². The van der Waals surface area contributed by atoms with E-state index >= 15 is 0 Å².